The number of para-hydroxylation sites is 1. The number of benzene rings is 2. The average molecular weight is 375 g/mol. The summed E-state index contributed by atoms with van der Waals surface area (Å²) in [5, 5.41) is 12.4. The fourth-order valence-electron chi connectivity index (χ4n) is 1.52. The summed E-state index contributed by atoms with van der Waals surface area (Å²) in [5.74, 6) is -0.118. The zero-order valence-electron chi connectivity index (χ0n) is 9.25. The normalized spacial score (nSPS) is 10.4. The molecule has 0 fully saturated rings. The van der Waals surface area contributed by atoms with Gasteiger partial charge in [0.1, 0.15) is 11.6 Å². The van der Waals surface area contributed by atoms with Crippen molar-refractivity contribution in [1.29, 1.82) is 0 Å². The smallest absolute Gasteiger partial charge is 0.147 e. The summed E-state index contributed by atoms with van der Waals surface area (Å²) < 4.78 is 14.9. The molecule has 0 bridgehead atoms. The summed E-state index contributed by atoms with van der Waals surface area (Å²) >= 11 is 6.54. The van der Waals surface area contributed by atoms with Crippen LogP contribution in [0.25, 0.3) is 0 Å². The quantitative estimate of drug-likeness (QED) is 0.818. The van der Waals surface area contributed by atoms with E-state index in [1.54, 1.807) is 30.3 Å². The van der Waals surface area contributed by atoms with Crippen LogP contribution in [-0.2, 0) is 6.54 Å². The first-order valence-corrected chi connectivity index (χ1v) is 6.82. The summed E-state index contributed by atoms with van der Waals surface area (Å²) in [7, 11) is 0. The summed E-state index contributed by atoms with van der Waals surface area (Å²) in [6.07, 6.45) is 0. The number of aromatic hydroxyl groups is 1. The SMILES string of the molecule is Oc1ccc(CNc2c(F)cccc2Br)cc1Br. The highest BCUT2D eigenvalue weighted by molar-refractivity contribution is 9.11. The molecular weight excluding hydrogens is 365 g/mol. The average Bonchev–Trinajstić information content (AvgIpc) is 2.33. The van der Waals surface area contributed by atoms with E-state index < -0.39 is 0 Å². The second-order valence-corrected chi connectivity index (χ2v) is 5.44. The van der Waals surface area contributed by atoms with Crippen molar-refractivity contribution in [3.05, 3.63) is 56.7 Å². The molecule has 0 aromatic heterocycles. The number of rotatable bonds is 3. The van der Waals surface area contributed by atoms with Crippen LogP contribution >= 0.6 is 31.9 Å². The van der Waals surface area contributed by atoms with Crippen molar-refractivity contribution in [2.75, 3.05) is 5.32 Å². The van der Waals surface area contributed by atoms with Crippen LogP contribution in [0.4, 0.5) is 10.1 Å². The molecule has 2 aromatic carbocycles. The van der Waals surface area contributed by atoms with Crippen molar-refractivity contribution < 1.29 is 9.50 Å². The van der Waals surface area contributed by atoms with E-state index in [4.69, 9.17) is 0 Å². The number of nitrogens with one attached hydrogen (secondary N) is 1. The van der Waals surface area contributed by atoms with Gasteiger partial charge in [-0.15, -0.1) is 0 Å². The van der Waals surface area contributed by atoms with Gasteiger partial charge in [0, 0.05) is 11.0 Å². The molecule has 0 heterocycles. The van der Waals surface area contributed by atoms with Gasteiger partial charge in [-0.1, -0.05) is 12.1 Å². The molecule has 2 nitrogen and oxygen atoms in total. The molecule has 0 unspecified atom stereocenters. The number of anilines is 1. The van der Waals surface area contributed by atoms with Gasteiger partial charge in [-0.05, 0) is 61.7 Å². The van der Waals surface area contributed by atoms with Crippen LogP contribution in [0.2, 0.25) is 0 Å². The van der Waals surface area contributed by atoms with E-state index >= 15 is 0 Å². The molecule has 0 aliphatic heterocycles. The van der Waals surface area contributed by atoms with Crippen molar-refractivity contribution in [3.63, 3.8) is 0 Å². The maximum absolute atomic E-state index is 13.6. The lowest BCUT2D eigenvalue weighted by Crippen LogP contribution is -2.02. The topological polar surface area (TPSA) is 32.3 Å². The standard InChI is InChI=1S/C13H10Br2FNO/c14-9-2-1-3-11(16)13(9)17-7-8-4-5-12(18)10(15)6-8/h1-6,17-18H,7H2. The Bertz CT molecular complexity index is 555. The van der Waals surface area contributed by atoms with Crippen LogP contribution in [0, 0.1) is 5.82 Å². The van der Waals surface area contributed by atoms with E-state index in [1.165, 1.54) is 6.07 Å². The largest absolute Gasteiger partial charge is 0.507 e. The second kappa shape index (κ2) is 5.71. The molecule has 0 atom stereocenters. The van der Waals surface area contributed by atoms with Crippen LogP contribution in [-0.4, -0.2) is 5.11 Å². The van der Waals surface area contributed by atoms with E-state index in [9.17, 15) is 9.50 Å². The number of hydrogen-bond acceptors (Lipinski definition) is 2. The summed E-state index contributed by atoms with van der Waals surface area (Å²) in [5.41, 5.74) is 1.37. The number of halogens is 3. The third-order valence-corrected chi connectivity index (χ3v) is 3.74. The van der Waals surface area contributed by atoms with Crippen molar-refractivity contribution in [1.82, 2.24) is 0 Å². The summed E-state index contributed by atoms with van der Waals surface area (Å²) in [6, 6.07) is 9.98. The van der Waals surface area contributed by atoms with Crippen LogP contribution in [0.1, 0.15) is 5.56 Å². The molecular formula is C13H10Br2FNO. The molecule has 0 saturated carbocycles. The highest BCUT2D eigenvalue weighted by Gasteiger charge is 2.06. The van der Waals surface area contributed by atoms with Crippen molar-refractivity contribution in [2.24, 2.45) is 0 Å². The Kier molecular flexibility index (Phi) is 4.24. The maximum atomic E-state index is 13.6. The number of hydrogen-bond donors (Lipinski definition) is 2. The first-order chi connectivity index (χ1) is 8.58. The van der Waals surface area contributed by atoms with E-state index in [1.807, 2.05) is 0 Å². The van der Waals surface area contributed by atoms with Gasteiger partial charge in [-0.2, -0.15) is 0 Å². The molecule has 0 aliphatic carbocycles. The minimum Gasteiger partial charge on any atom is -0.507 e. The van der Waals surface area contributed by atoms with E-state index in [2.05, 4.69) is 37.2 Å². The second-order valence-electron chi connectivity index (χ2n) is 3.74. The molecule has 0 amide bonds. The van der Waals surface area contributed by atoms with Crippen LogP contribution in [0.15, 0.2) is 45.3 Å². The fraction of sp³-hybridized carbons (Fsp3) is 0.0769. The lowest BCUT2D eigenvalue weighted by molar-refractivity contribution is 0.471. The molecule has 0 saturated heterocycles. The molecule has 2 N–H and O–H groups in total. The van der Waals surface area contributed by atoms with E-state index in [0.29, 0.717) is 21.2 Å². The molecule has 2 rings (SSSR count). The summed E-state index contributed by atoms with van der Waals surface area (Å²) in [4.78, 5) is 0. The molecule has 2 aromatic rings. The molecule has 18 heavy (non-hydrogen) atoms. The van der Waals surface area contributed by atoms with Crippen molar-refractivity contribution in [2.45, 2.75) is 6.54 Å². The van der Waals surface area contributed by atoms with Gasteiger partial charge in [-0.3, -0.25) is 0 Å². The zero-order chi connectivity index (χ0) is 13.1. The molecule has 0 spiro atoms. The van der Waals surface area contributed by atoms with Gasteiger partial charge in [-0.25, -0.2) is 4.39 Å². The Morgan fingerprint density at radius 1 is 1.11 bits per heavy atom. The van der Waals surface area contributed by atoms with Gasteiger partial charge in [0.2, 0.25) is 0 Å². The Morgan fingerprint density at radius 2 is 1.89 bits per heavy atom. The Balaban J connectivity index is 2.14. The van der Waals surface area contributed by atoms with E-state index in [-0.39, 0.29) is 11.6 Å². The minimum atomic E-state index is -0.304. The molecule has 0 aliphatic rings. The monoisotopic (exact) mass is 373 g/mol. The predicted octanol–water partition coefficient (Wildman–Crippen LogP) is 4.67. The molecule has 0 radical (unpaired) electrons. The fourth-order valence-corrected chi connectivity index (χ4v) is 2.43. The van der Waals surface area contributed by atoms with E-state index in [0.717, 1.165) is 5.56 Å². The molecule has 94 valence electrons. The van der Waals surface area contributed by atoms with Crippen LogP contribution in [0.3, 0.4) is 0 Å². The summed E-state index contributed by atoms with van der Waals surface area (Å²) in [6.45, 7) is 0.471. The van der Waals surface area contributed by atoms with Gasteiger partial charge in [0.15, 0.2) is 0 Å². The van der Waals surface area contributed by atoms with Crippen molar-refractivity contribution in [3.8, 4) is 5.75 Å². The maximum Gasteiger partial charge on any atom is 0.147 e. The van der Waals surface area contributed by atoms with Gasteiger partial charge < -0.3 is 10.4 Å². The Morgan fingerprint density at radius 3 is 2.56 bits per heavy atom. The first-order valence-electron chi connectivity index (χ1n) is 5.23. The molecule has 5 heteroatoms. The highest BCUT2D eigenvalue weighted by atomic mass is 79.9. The number of phenols is 1. The lowest BCUT2D eigenvalue weighted by atomic mass is 10.2. The van der Waals surface area contributed by atoms with Gasteiger partial charge in [0.05, 0.1) is 10.2 Å². The van der Waals surface area contributed by atoms with Crippen LogP contribution in [0.5, 0.6) is 5.75 Å². The zero-order valence-corrected chi connectivity index (χ0v) is 12.4. The predicted molar refractivity (Wildman–Crippen MR) is 77.2 cm³/mol. The first kappa shape index (κ1) is 13.4. The minimum absolute atomic E-state index is 0.186. The third-order valence-electron chi connectivity index (χ3n) is 2.44. The Hall–Kier alpha value is -1.07. The van der Waals surface area contributed by atoms with Crippen molar-refractivity contribution >= 4 is 37.5 Å². The third kappa shape index (κ3) is 3.03. The van der Waals surface area contributed by atoms with Gasteiger partial charge >= 0.3 is 0 Å². The lowest BCUT2D eigenvalue weighted by Gasteiger charge is -2.10. The highest BCUT2D eigenvalue weighted by Crippen LogP contribution is 2.27. The van der Waals surface area contributed by atoms with Gasteiger partial charge in [0.25, 0.3) is 0 Å². The number of phenolic OH excluding ortho intramolecular Hbond substituents is 1. The van der Waals surface area contributed by atoms with Crippen LogP contribution < -0.4 is 5.32 Å². The Labute approximate surface area is 121 Å².